The van der Waals surface area contributed by atoms with E-state index in [9.17, 15) is 20.0 Å². The van der Waals surface area contributed by atoms with Crippen LogP contribution in [0.4, 0.5) is 0 Å². The number of unbranched alkanes of at least 4 members (excludes halogenated alkanes) is 14. The summed E-state index contributed by atoms with van der Waals surface area (Å²) in [4.78, 5) is 21.0. The molecule has 0 amide bonds. The quantitative estimate of drug-likeness (QED) is 0.146. The van der Waals surface area contributed by atoms with E-state index < -0.39 is 12.1 Å². The largest absolute Gasteiger partial charge is 0.386 e. The van der Waals surface area contributed by atoms with Crippen molar-refractivity contribution >= 4 is 6.29 Å². The van der Waals surface area contributed by atoms with Crippen LogP contribution in [0.3, 0.4) is 0 Å². The lowest BCUT2D eigenvalue weighted by Crippen LogP contribution is -2.33. The maximum Gasteiger partial charge on any atom is 0.238 e. The number of hydrogen-bond acceptors (Lipinski definition) is 4. The minimum absolute atomic E-state index is 0.279. The summed E-state index contributed by atoms with van der Waals surface area (Å²) in [7, 11) is 0. The van der Waals surface area contributed by atoms with Crippen LogP contribution in [0.25, 0.3) is 0 Å². The van der Waals surface area contributed by atoms with Gasteiger partial charge in [0, 0.05) is 17.8 Å². The summed E-state index contributed by atoms with van der Waals surface area (Å²) in [5, 5.41) is 21.4. The van der Waals surface area contributed by atoms with Gasteiger partial charge < -0.3 is 5.11 Å². The number of hydrogen-bond donors (Lipinski definition) is 1. The van der Waals surface area contributed by atoms with E-state index in [4.69, 9.17) is 0 Å². The van der Waals surface area contributed by atoms with E-state index >= 15 is 0 Å². The average Bonchev–Trinajstić information content (AvgIpc) is 2.65. The predicted molar refractivity (Wildman–Crippen MR) is 111 cm³/mol. The molecule has 0 aromatic heterocycles. The van der Waals surface area contributed by atoms with Gasteiger partial charge in [-0.2, -0.15) is 0 Å². The fraction of sp³-hybridized carbons (Fsp3) is 0.955. The predicted octanol–water partition coefficient (Wildman–Crippen LogP) is 6.14. The van der Waals surface area contributed by atoms with Crippen LogP contribution >= 0.6 is 0 Å². The summed E-state index contributed by atoms with van der Waals surface area (Å²) in [6, 6.07) is -0.792. The molecule has 1 radical (unpaired) electrons. The topological polar surface area (TPSA) is 80.4 Å². The van der Waals surface area contributed by atoms with Crippen molar-refractivity contribution in [1.29, 1.82) is 0 Å². The van der Waals surface area contributed by atoms with Gasteiger partial charge in [-0.3, -0.25) is 14.9 Å². The molecule has 0 aliphatic carbocycles. The number of nitrogens with zero attached hydrogens (tertiary/aromatic N) is 1. The third kappa shape index (κ3) is 16.9. The second-order valence-electron chi connectivity index (χ2n) is 7.84. The first-order valence-electron chi connectivity index (χ1n) is 11.3. The van der Waals surface area contributed by atoms with Gasteiger partial charge in [0.1, 0.15) is 6.10 Å². The summed E-state index contributed by atoms with van der Waals surface area (Å²) in [6.45, 7) is 2.18. The standard InChI is InChI=1S/C22H42NO4/c1-2-3-4-5-12-15-18-21(23(26)27)22(25)19-16-13-10-8-6-7-9-11-14-17-20-24/h21-22,25H,2-19H2,1H3. The molecule has 0 saturated heterocycles. The van der Waals surface area contributed by atoms with Crippen LogP contribution in [0.5, 0.6) is 0 Å². The number of carbonyl (C=O) groups excluding carboxylic acids is 1. The minimum Gasteiger partial charge on any atom is -0.386 e. The van der Waals surface area contributed by atoms with Crippen LogP contribution in [0.1, 0.15) is 122 Å². The summed E-state index contributed by atoms with van der Waals surface area (Å²) < 4.78 is 0. The summed E-state index contributed by atoms with van der Waals surface area (Å²) in [5.41, 5.74) is 0. The molecule has 0 spiro atoms. The first kappa shape index (κ1) is 26.0. The van der Waals surface area contributed by atoms with Gasteiger partial charge in [0.2, 0.25) is 6.04 Å². The zero-order valence-corrected chi connectivity index (χ0v) is 17.5. The molecule has 0 rings (SSSR count). The van der Waals surface area contributed by atoms with Gasteiger partial charge in [0.25, 0.3) is 0 Å². The number of aliphatic hydroxyl groups excluding tert-OH is 1. The molecule has 5 nitrogen and oxygen atoms in total. The zero-order chi connectivity index (χ0) is 20.2. The molecule has 27 heavy (non-hydrogen) atoms. The lowest BCUT2D eigenvalue weighted by atomic mass is 9.98. The molecule has 0 aliphatic rings. The fourth-order valence-electron chi connectivity index (χ4n) is 3.55. The van der Waals surface area contributed by atoms with E-state index in [1.165, 1.54) is 44.9 Å². The van der Waals surface area contributed by atoms with Gasteiger partial charge in [-0.05, 0) is 19.3 Å². The molecule has 0 fully saturated rings. The van der Waals surface area contributed by atoms with Crippen molar-refractivity contribution in [3.63, 3.8) is 0 Å². The maximum absolute atomic E-state index is 11.2. The highest BCUT2D eigenvalue weighted by Crippen LogP contribution is 2.17. The Morgan fingerprint density at radius 1 is 0.778 bits per heavy atom. The summed E-state index contributed by atoms with van der Waals surface area (Å²) in [5.74, 6) is 0. The Morgan fingerprint density at radius 3 is 1.70 bits per heavy atom. The number of nitro groups is 1. The molecule has 0 bridgehead atoms. The molecule has 0 saturated carbocycles. The highest BCUT2D eigenvalue weighted by atomic mass is 16.6. The third-order valence-corrected chi connectivity index (χ3v) is 5.35. The molecule has 5 heteroatoms. The van der Waals surface area contributed by atoms with Crippen LogP contribution in [0.15, 0.2) is 0 Å². The van der Waals surface area contributed by atoms with E-state index in [-0.39, 0.29) is 4.92 Å². The molecule has 0 aromatic rings. The molecule has 0 aromatic carbocycles. The Hall–Kier alpha value is -0.970. The van der Waals surface area contributed by atoms with Gasteiger partial charge in [0.15, 0.2) is 6.29 Å². The number of rotatable bonds is 21. The highest BCUT2D eigenvalue weighted by molar-refractivity contribution is 5.50. The van der Waals surface area contributed by atoms with Crippen molar-refractivity contribution in [2.24, 2.45) is 0 Å². The van der Waals surface area contributed by atoms with E-state index in [0.29, 0.717) is 19.3 Å². The van der Waals surface area contributed by atoms with Gasteiger partial charge in [0.05, 0.1) is 0 Å². The Balaban J connectivity index is 3.63. The van der Waals surface area contributed by atoms with Gasteiger partial charge in [-0.1, -0.05) is 90.4 Å². The number of aliphatic hydroxyl groups is 1. The van der Waals surface area contributed by atoms with Gasteiger partial charge in [-0.15, -0.1) is 0 Å². The van der Waals surface area contributed by atoms with Crippen molar-refractivity contribution in [3.05, 3.63) is 10.1 Å². The second-order valence-corrected chi connectivity index (χ2v) is 7.84. The SMILES string of the molecule is CCCCCCCCC(C(O)CCCCCCCCCCC[C]=O)[N+](=O)[O-]. The maximum atomic E-state index is 11.2. The molecular formula is C22H42NO4. The van der Waals surface area contributed by atoms with Crippen LogP contribution < -0.4 is 0 Å². The molecule has 1 N–H and O–H groups in total. The van der Waals surface area contributed by atoms with Crippen LogP contribution in [0.2, 0.25) is 0 Å². The van der Waals surface area contributed by atoms with Crippen molar-refractivity contribution in [3.8, 4) is 0 Å². The zero-order valence-electron chi connectivity index (χ0n) is 17.5. The molecule has 0 heterocycles. The molecule has 2 unspecified atom stereocenters. The van der Waals surface area contributed by atoms with Crippen molar-refractivity contribution in [1.82, 2.24) is 0 Å². The highest BCUT2D eigenvalue weighted by Gasteiger charge is 2.28. The molecule has 0 aliphatic heterocycles. The smallest absolute Gasteiger partial charge is 0.238 e. The normalized spacial score (nSPS) is 13.4. The van der Waals surface area contributed by atoms with E-state index in [1.54, 1.807) is 0 Å². The Labute approximate surface area is 166 Å². The van der Waals surface area contributed by atoms with Crippen molar-refractivity contribution in [2.45, 2.75) is 135 Å². The third-order valence-electron chi connectivity index (χ3n) is 5.35. The van der Waals surface area contributed by atoms with Gasteiger partial charge >= 0.3 is 0 Å². The average molecular weight is 385 g/mol. The summed E-state index contributed by atoms with van der Waals surface area (Å²) >= 11 is 0. The summed E-state index contributed by atoms with van der Waals surface area (Å²) in [6.07, 6.45) is 19.3. The van der Waals surface area contributed by atoms with Crippen molar-refractivity contribution in [2.75, 3.05) is 0 Å². The van der Waals surface area contributed by atoms with Crippen molar-refractivity contribution < 1.29 is 14.8 Å². The Kier molecular flexibility index (Phi) is 19.1. The molecule has 2 atom stereocenters. The van der Waals surface area contributed by atoms with Gasteiger partial charge in [-0.25, -0.2) is 0 Å². The van der Waals surface area contributed by atoms with Crippen LogP contribution in [-0.2, 0) is 4.79 Å². The fourth-order valence-corrected chi connectivity index (χ4v) is 3.55. The lowest BCUT2D eigenvalue weighted by molar-refractivity contribution is -0.535. The van der Waals surface area contributed by atoms with Crippen LogP contribution in [0, 0.1) is 10.1 Å². The monoisotopic (exact) mass is 384 g/mol. The second kappa shape index (κ2) is 19.8. The van der Waals surface area contributed by atoms with E-state index in [0.717, 1.165) is 51.4 Å². The Morgan fingerprint density at radius 2 is 1.22 bits per heavy atom. The van der Waals surface area contributed by atoms with E-state index in [1.807, 2.05) is 6.29 Å². The first-order chi connectivity index (χ1) is 13.1. The van der Waals surface area contributed by atoms with Crippen LogP contribution in [-0.4, -0.2) is 28.5 Å². The molecule has 159 valence electrons. The minimum atomic E-state index is -0.801. The lowest BCUT2D eigenvalue weighted by Gasteiger charge is -2.16. The van der Waals surface area contributed by atoms with E-state index in [2.05, 4.69) is 6.92 Å². The molecular weight excluding hydrogens is 342 g/mol. The Bertz CT molecular complexity index is 349. The first-order valence-corrected chi connectivity index (χ1v) is 11.3.